The van der Waals surface area contributed by atoms with E-state index in [1.54, 1.807) is 30.3 Å². The predicted molar refractivity (Wildman–Crippen MR) is 107 cm³/mol. The van der Waals surface area contributed by atoms with Gasteiger partial charge in [0.25, 0.3) is 0 Å². The number of nitro groups is 1. The molecule has 1 heterocycles. The zero-order valence-electron chi connectivity index (χ0n) is 15.2. The first-order valence-corrected chi connectivity index (χ1v) is 8.63. The molecular formula is C20H17N3O6. The molecular weight excluding hydrogens is 378 g/mol. The molecule has 0 saturated carbocycles. The van der Waals surface area contributed by atoms with Gasteiger partial charge in [0.05, 0.1) is 4.92 Å². The number of aromatic nitrogens is 2. The van der Waals surface area contributed by atoms with Gasteiger partial charge >= 0.3 is 16.9 Å². The number of ether oxygens (including phenoxy) is 2. The first kappa shape index (κ1) is 19.6. The summed E-state index contributed by atoms with van der Waals surface area (Å²) in [6.07, 6.45) is 2.85. The van der Waals surface area contributed by atoms with Gasteiger partial charge in [-0.3, -0.25) is 19.9 Å². The number of aromatic amines is 2. The van der Waals surface area contributed by atoms with Gasteiger partial charge in [0.1, 0.15) is 30.4 Å². The fourth-order valence-electron chi connectivity index (χ4n) is 2.49. The summed E-state index contributed by atoms with van der Waals surface area (Å²) in [5.74, 6) is 1.40. The highest BCUT2D eigenvalue weighted by Gasteiger charge is 2.18. The maximum Gasteiger partial charge on any atom is 0.357 e. The second kappa shape index (κ2) is 9.18. The molecule has 9 nitrogen and oxygen atoms in total. The van der Waals surface area contributed by atoms with E-state index in [0.717, 1.165) is 5.75 Å². The molecule has 0 amide bonds. The van der Waals surface area contributed by atoms with Crippen LogP contribution in [-0.4, -0.2) is 28.1 Å². The highest BCUT2D eigenvalue weighted by atomic mass is 16.6. The lowest BCUT2D eigenvalue weighted by Crippen LogP contribution is -2.25. The van der Waals surface area contributed by atoms with Gasteiger partial charge in [-0.1, -0.05) is 36.4 Å². The smallest absolute Gasteiger partial charge is 0.357 e. The zero-order valence-corrected chi connectivity index (χ0v) is 15.2. The second-order valence-electron chi connectivity index (χ2n) is 5.84. The molecule has 0 unspecified atom stereocenters. The number of rotatable bonds is 8. The van der Waals surface area contributed by atoms with Crippen molar-refractivity contribution in [3.05, 3.63) is 96.8 Å². The molecule has 3 aromatic rings. The third-order valence-corrected chi connectivity index (χ3v) is 3.81. The maximum absolute atomic E-state index is 11.6. The normalized spacial score (nSPS) is 10.8. The molecule has 0 fully saturated rings. The van der Waals surface area contributed by atoms with Crippen LogP contribution in [0, 0.1) is 10.1 Å². The van der Waals surface area contributed by atoms with Crippen molar-refractivity contribution in [1.29, 1.82) is 0 Å². The van der Waals surface area contributed by atoms with Crippen molar-refractivity contribution in [3.63, 3.8) is 0 Å². The number of H-pyrrole nitrogens is 2. The summed E-state index contributed by atoms with van der Waals surface area (Å²) >= 11 is 0. The minimum Gasteiger partial charge on any atom is -0.490 e. The highest BCUT2D eigenvalue weighted by molar-refractivity contribution is 5.71. The average Bonchev–Trinajstić information content (AvgIpc) is 2.70. The van der Waals surface area contributed by atoms with Crippen molar-refractivity contribution in [3.8, 4) is 11.5 Å². The first-order chi connectivity index (χ1) is 14.0. The number of benzene rings is 2. The molecule has 0 aliphatic rings. The molecule has 0 bridgehead atoms. The summed E-state index contributed by atoms with van der Waals surface area (Å²) in [6.45, 7) is 0.759. The molecule has 2 N–H and O–H groups in total. The van der Waals surface area contributed by atoms with E-state index in [0.29, 0.717) is 24.5 Å². The van der Waals surface area contributed by atoms with E-state index in [1.165, 1.54) is 6.08 Å². The molecule has 2 aromatic carbocycles. The van der Waals surface area contributed by atoms with Crippen LogP contribution in [0.25, 0.3) is 12.2 Å². The topological polar surface area (TPSA) is 127 Å². The van der Waals surface area contributed by atoms with Gasteiger partial charge in [-0.2, -0.15) is 0 Å². The predicted octanol–water partition coefficient (Wildman–Crippen LogP) is 2.60. The van der Waals surface area contributed by atoms with Crippen LogP contribution < -0.4 is 20.7 Å². The van der Waals surface area contributed by atoms with Gasteiger partial charge in [0.2, 0.25) is 0 Å². The van der Waals surface area contributed by atoms with Gasteiger partial charge in [0.15, 0.2) is 0 Å². The molecule has 9 heteroatoms. The Kier molecular flexibility index (Phi) is 6.21. The molecule has 0 spiro atoms. The Labute approximate surface area is 164 Å². The number of nitrogens with zero attached hydrogens (tertiary/aromatic N) is 1. The molecule has 0 radical (unpaired) electrons. The van der Waals surface area contributed by atoms with E-state index in [9.17, 15) is 19.7 Å². The Bertz CT molecular complexity index is 1120. The number of hydrogen-bond acceptors (Lipinski definition) is 6. The van der Waals surface area contributed by atoms with Crippen LogP contribution in [0.2, 0.25) is 0 Å². The van der Waals surface area contributed by atoms with Gasteiger partial charge in [-0.25, -0.2) is 4.79 Å². The first-order valence-electron chi connectivity index (χ1n) is 8.63. The van der Waals surface area contributed by atoms with E-state index in [2.05, 4.69) is 4.98 Å². The van der Waals surface area contributed by atoms with Crippen LogP contribution in [0.3, 0.4) is 0 Å². The summed E-state index contributed by atoms with van der Waals surface area (Å²) in [5, 5.41) is 11.0. The molecule has 0 atom stereocenters. The van der Waals surface area contributed by atoms with Crippen molar-refractivity contribution in [2.45, 2.75) is 0 Å². The SMILES string of the molecule is O=c1[nH]c(/C=C\c2ccc(OCCOc3ccccc3)cc2)c([N+](=O)[O-])c(=O)[nH]1. The van der Waals surface area contributed by atoms with Crippen molar-refractivity contribution >= 4 is 17.8 Å². The van der Waals surface area contributed by atoms with E-state index in [4.69, 9.17) is 9.47 Å². The highest BCUT2D eigenvalue weighted by Crippen LogP contribution is 2.16. The Morgan fingerprint density at radius 2 is 1.48 bits per heavy atom. The minimum atomic E-state index is -1.06. The molecule has 29 heavy (non-hydrogen) atoms. The third kappa shape index (κ3) is 5.42. The van der Waals surface area contributed by atoms with E-state index >= 15 is 0 Å². The van der Waals surface area contributed by atoms with Crippen LogP contribution in [0.15, 0.2) is 64.2 Å². The molecule has 0 saturated heterocycles. The van der Waals surface area contributed by atoms with Gasteiger partial charge < -0.3 is 14.5 Å². The second-order valence-corrected chi connectivity index (χ2v) is 5.84. The van der Waals surface area contributed by atoms with Gasteiger partial charge in [-0.15, -0.1) is 0 Å². The van der Waals surface area contributed by atoms with Crippen LogP contribution in [0.5, 0.6) is 11.5 Å². The van der Waals surface area contributed by atoms with Crippen molar-refractivity contribution in [2.75, 3.05) is 13.2 Å². The summed E-state index contributed by atoms with van der Waals surface area (Å²) in [5.41, 5.74) is -2.07. The van der Waals surface area contributed by atoms with Crippen molar-refractivity contribution < 1.29 is 14.4 Å². The van der Waals surface area contributed by atoms with E-state index in [1.807, 2.05) is 35.3 Å². The van der Waals surface area contributed by atoms with Crippen LogP contribution in [-0.2, 0) is 0 Å². The quantitative estimate of drug-likeness (QED) is 0.343. The third-order valence-electron chi connectivity index (χ3n) is 3.81. The lowest BCUT2D eigenvalue weighted by molar-refractivity contribution is -0.386. The maximum atomic E-state index is 11.6. The number of hydrogen-bond donors (Lipinski definition) is 2. The lowest BCUT2D eigenvalue weighted by Gasteiger charge is -2.08. The fourth-order valence-corrected chi connectivity index (χ4v) is 2.49. The molecule has 0 aliphatic carbocycles. The molecule has 148 valence electrons. The Morgan fingerprint density at radius 1 is 0.862 bits per heavy atom. The fraction of sp³-hybridized carbons (Fsp3) is 0.100. The van der Waals surface area contributed by atoms with Crippen LogP contribution in [0.4, 0.5) is 5.69 Å². The number of nitrogens with one attached hydrogen (secondary N) is 2. The largest absolute Gasteiger partial charge is 0.490 e. The zero-order chi connectivity index (χ0) is 20.6. The summed E-state index contributed by atoms with van der Waals surface area (Å²) in [4.78, 5) is 37.2. The minimum absolute atomic E-state index is 0.179. The lowest BCUT2D eigenvalue weighted by atomic mass is 10.2. The van der Waals surface area contributed by atoms with Gasteiger partial charge in [-0.05, 0) is 35.9 Å². The summed E-state index contributed by atoms with van der Waals surface area (Å²) in [7, 11) is 0. The number of para-hydroxylation sites is 1. The summed E-state index contributed by atoms with van der Waals surface area (Å²) < 4.78 is 11.1. The van der Waals surface area contributed by atoms with Crippen LogP contribution in [0.1, 0.15) is 11.3 Å². The van der Waals surface area contributed by atoms with Crippen molar-refractivity contribution in [2.24, 2.45) is 0 Å². The van der Waals surface area contributed by atoms with E-state index < -0.39 is 21.9 Å². The summed E-state index contributed by atoms with van der Waals surface area (Å²) in [6, 6.07) is 16.3. The monoisotopic (exact) mass is 395 g/mol. The Balaban J connectivity index is 1.60. The Morgan fingerprint density at radius 3 is 2.10 bits per heavy atom. The van der Waals surface area contributed by atoms with Crippen LogP contribution >= 0.6 is 0 Å². The Hall–Kier alpha value is -4.14. The molecule has 3 rings (SSSR count). The van der Waals surface area contributed by atoms with Gasteiger partial charge in [0, 0.05) is 0 Å². The standard InChI is InChI=1S/C20H17N3O6/c24-19-18(23(26)27)17(21-20(25)22-19)11-8-14-6-9-16(10-7-14)29-13-12-28-15-4-2-1-3-5-15/h1-11H,12-13H2,(H2,21,22,24,25)/b11-8-. The molecule has 1 aromatic heterocycles. The molecule has 0 aliphatic heterocycles. The van der Waals surface area contributed by atoms with E-state index in [-0.39, 0.29) is 5.69 Å². The van der Waals surface area contributed by atoms with Crippen molar-refractivity contribution in [1.82, 2.24) is 9.97 Å². The average molecular weight is 395 g/mol.